The molecular formula is C10H22O2. The third kappa shape index (κ3) is 4.73. The highest BCUT2D eigenvalue weighted by molar-refractivity contribution is 4.64. The van der Waals surface area contributed by atoms with Crippen LogP contribution in [0.4, 0.5) is 0 Å². The highest BCUT2D eigenvalue weighted by atomic mass is 16.5. The molecule has 0 bridgehead atoms. The van der Waals surface area contributed by atoms with Crippen molar-refractivity contribution in [3.05, 3.63) is 0 Å². The van der Waals surface area contributed by atoms with Crippen LogP contribution in [-0.4, -0.2) is 24.4 Å². The lowest BCUT2D eigenvalue weighted by Gasteiger charge is -2.21. The van der Waals surface area contributed by atoms with Crippen molar-refractivity contribution in [2.75, 3.05) is 13.2 Å². The van der Waals surface area contributed by atoms with Crippen LogP contribution < -0.4 is 0 Å². The van der Waals surface area contributed by atoms with E-state index in [0.717, 1.165) is 13.0 Å². The molecule has 0 aliphatic heterocycles. The van der Waals surface area contributed by atoms with Gasteiger partial charge in [-0.25, -0.2) is 0 Å². The Bertz CT molecular complexity index is 104. The van der Waals surface area contributed by atoms with E-state index < -0.39 is 0 Å². The topological polar surface area (TPSA) is 29.5 Å². The molecule has 3 atom stereocenters. The zero-order valence-corrected chi connectivity index (χ0v) is 8.71. The number of aliphatic hydroxyl groups excluding tert-OH is 1. The van der Waals surface area contributed by atoms with E-state index in [-0.39, 0.29) is 6.61 Å². The Hall–Kier alpha value is -0.0800. The van der Waals surface area contributed by atoms with Crippen molar-refractivity contribution in [1.29, 1.82) is 0 Å². The summed E-state index contributed by atoms with van der Waals surface area (Å²) in [5.41, 5.74) is 0. The molecule has 2 heteroatoms. The molecule has 0 aromatic carbocycles. The molecule has 74 valence electrons. The van der Waals surface area contributed by atoms with Crippen molar-refractivity contribution in [2.45, 2.75) is 40.2 Å². The van der Waals surface area contributed by atoms with Crippen LogP contribution in [0.2, 0.25) is 0 Å². The molecule has 2 nitrogen and oxygen atoms in total. The molecule has 1 N–H and O–H groups in total. The molecule has 0 aromatic rings. The molecule has 0 aliphatic carbocycles. The van der Waals surface area contributed by atoms with E-state index in [4.69, 9.17) is 9.84 Å². The maximum Gasteiger partial charge on any atom is 0.0549 e. The van der Waals surface area contributed by atoms with E-state index in [1.165, 1.54) is 0 Å². The highest BCUT2D eigenvalue weighted by Gasteiger charge is 2.14. The van der Waals surface area contributed by atoms with Gasteiger partial charge in [0.05, 0.1) is 6.10 Å². The van der Waals surface area contributed by atoms with Gasteiger partial charge in [0.25, 0.3) is 0 Å². The second-order valence-corrected chi connectivity index (χ2v) is 3.64. The van der Waals surface area contributed by atoms with Gasteiger partial charge >= 0.3 is 0 Å². The Kier molecular flexibility index (Phi) is 6.39. The summed E-state index contributed by atoms with van der Waals surface area (Å²) < 4.78 is 5.43. The summed E-state index contributed by atoms with van der Waals surface area (Å²) in [6.07, 6.45) is 1.36. The number of hydrogen-bond donors (Lipinski definition) is 1. The van der Waals surface area contributed by atoms with Crippen LogP contribution in [0, 0.1) is 11.8 Å². The Morgan fingerprint density at radius 1 is 1.17 bits per heavy atom. The van der Waals surface area contributed by atoms with Crippen molar-refractivity contribution >= 4 is 0 Å². The number of aliphatic hydroxyl groups is 1. The fourth-order valence-corrected chi connectivity index (χ4v) is 1.29. The lowest BCUT2D eigenvalue weighted by atomic mass is 9.91. The first-order valence-corrected chi connectivity index (χ1v) is 4.84. The van der Waals surface area contributed by atoms with E-state index in [1.54, 1.807) is 0 Å². The van der Waals surface area contributed by atoms with Crippen molar-refractivity contribution in [1.82, 2.24) is 0 Å². The largest absolute Gasteiger partial charge is 0.396 e. The third-order valence-electron chi connectivity index (χ3n) is 2.41. The van der Waals surface area contributed by atoms with Gasteiger partial charge in [0.15, 0.2) is 0 Å². The van der Waals surface area contributed by atoms with Crippen LogP contribution in [0.15, 0.2) is 0 Å². The van der Waals surface area contributed by atoms with Gasteiger partial charge in [-0.1, -0.05) is 13.8 Å². The predicted molar refractivity (Wildman–Crippen MR) is 51.1 cm³/mol. The van der Waals surface area contributed by atoms with Crippen LogP contribution >= 0.6 is 0 Å². The van der Waals surface area contributed by atoms with Crippen LogP contribution in [0.5, 0.6) is 0 Å². The van der Waals surface area contributed by atoms with Gasteiger partial charge in [0, 0.05) is 13.2 Å². The van der Waals surface area contributed by atoms with E-state index in [1.807, 2.05) is 6.92 Å². The van der Waals surface area contributed by atoms with Crippen molar-refractivity contribution in [3.8, 4) is 0 Å². The second kappa shape index (κ2) is 6.44. The fraction of sp³-hybridized carbons (Fsp3) is 1.00. The van der Waals surface area contributed by atoms with Crippen LogP contribution in [-0.2, 0) is 4.74 Å². The normalized spacial score (nSPS) is 18.8. The van der Waals surface area contributed by atoms with Crippen LogP contribution in [0.25, 0.3) is 0 Å². The summed E-state index contributed by atoms with van der Waals surface area (Å²) >= 11 is 0. The number of ether oxygens (including phenoxy) is 1. The van der Waals surface area contributed by atoms with Gasteiger partial charge in [0.2, 0.25) is 0 Å². The monoisotopic (exact) mass is 174 g/mol. The first-order valence-electron chi connectivity index (χ1n) is 4.84. The van der Waals surface area contributed by atoms with Gasteiger partial charge in [-0.05, 0) is 32.1 Å². The van der Waals surface area contributed by atoms with Crippen molar-refractivity contribution in [2.24, 2.45) is 11.8 Å². The first-order chi connectivity index (χ1) is 5.61. The van der Waals surface area contributed by atoms with E-state index in [2.05, 4.69) is 20.8 Å². The summed E-state index contributed by atoms with van der Waals surface area (Å²) in [6.45, 7) is 9.39. The maximum atomic E-state index is 8.91. The third-order valence-corrected chi connectivity index (χ3v) is 2.41. The molecular weight excluding hydrogens is 152 g/mol. The zero-order chi connectivity index (χ0) is 9.56. The predicted octanol–water partition coefficient (Wildman–Crippen LogP) is 2.07. The number of hydrogen-bond acceptors (Lipinski definition) is 2. The molecule has 0 rings (SSSR count). The minimum absolute atomic E-state index is 0.278. The minimum atomic E-state index is 0.278. The second-order valence-electron chi connectivity index (χ2n) is 3.64. The summed E-state index contributed by atoms with van der Waals surface area (Å²) in [7, 11) is 0. The quantitative estimate of drug-likeness (QED) is 0.668. The molecule has 0 amide bonds. The summed E-state index contributed by atoms with van der Waals surface area (Å²) in [6, 6.07) is 0. The van der Waals surface area contributed by atoms with E-state index in [9.17, 15) is 0 Å². The van der Waals surface area contributed by atoms with E-state index in [0.29, 0.717) is 17.9 Å². The maximum absolute atomic E-state index is 8.91. The average Bonchev–Trinajstić information content (AvgIpc) is 2.03. The molecule has 12 heavy (non-hydrogen) atoms. The Balaban J connectivity index is 3.59. The first kappa shape index (κ1) is 11.9. The smallest absolute Gasteiger partial charge is 0.0549 e. The Labute approximate surface area is 75.9 Å². The molecule has 0 heterocycles. The van der Waals surface area contributed by atoms with Crippen LogP contribution in [0.3, 0.4) is 0 Å². The average molecular weight is 174 g/mol. The van der Waals surface area contributed by atoms with Gasteiger partial charge in [0.1, 0.15) is 0 Å². The Morgan fingerprint density at radius 3 is 2.17 bits per heavy atom. The Morgan fingerprint density at radius 2 is 1.75 bits per heavy atom. The molecule has 0 spiro atoms. The lowest BCUT2D eigenvalue weighted by Crippen LogP contribution is -2.19. The van der Waals surface area contributed by atoms with E-state index >= 15 is 0 Å². The molecule has 0 saturated carbocycles. The zero-order valence-electron chi connectivity index (χ0n) is 8.71. The van der Waals surface area contributed by atoms with Gasteiger partial charge in [-0.2, -0.15) is 0 Å². The lowest BCUT2D eigenvalue weighted by molar-refractivity contribution is 0.0482. The van der Waals surface area contributed by atoms with Gasteiger partial charge in [-0.15, -0.1) is 0 Å². The van der Waals surface area contributed by atoms with Gasteiger partial charge < -0.3 is 9.84 Å². The fourth-order valence-electron chi connectivity index (χ4n) is 1.29. The van der Waals surface area contributed by atoms with Crippen molar-refractivity contribution in [3.63, 3.8) is 0 Å². The molecule has 3 unspecified atom stereocenters. The molecule has 0 aliphatic rings. The molecule has 0 aromatic heterocycles. The number of rotatable bonds is 6. The molecule has 0 fully saturated rings. The summed E-state index contributed by atoms with van der Waals surface area (Å²) in [4.78, 5) is 0. The standard InChI is InChI=1S/C10H22O2/c1-5-12-10(4)6-8(2)9(3)7-11/h8-11H,5-7H2,1-4H3. The highest BCUT2D eigenvalue weighted by Crippen LogP contribution is 2.17. The SMILES string of the molecule is CCOC(C)CC(C)C(C)CO. The molecule has 0 saturated heterocycles. The van der Waals surface area contributed by atoms with Crippen LogP contribution in [0.1, 0.15) is 34.1 Å². The molecule has 0 radical (unpaired) electrons. The minimum Gasteiger partial charge on any atom is -0.396 e. The van der Waals surface area contributed by atoms with Gasteiger partial charge in [-0.3, -0.25) is 0 Å². The summed E-state index contributed by atoms with van der Waals surface area (Å²) in [5.74, 6) is 0.921. The summed E-state index contributed by atoms with van der Waals surface area (Å²) in [5, 5.41) is 8.91. The van der Waals surface area contributed by atoms with Crippen molar-refractivity contribution < 1.29 is 9.84 Å².